The smallest absolute Gasteiger partial charge is 0.0782 e. The van der Waals surface area contributed by atoms with Crippen LogP contribution in [0.5, 0.6) is 0 Å². The van der Waals surface area contributed by atoms with Crippen molar-refractivity contribution >= 4 is 0 Å². The molecule has 0 aliphatic heterocycles. The molecule has 0 fully saturated rings. The summed E-state index contributed by atoms with van der Waals surface area (Å²) in [5.41, 5.74) is 0.925. The van der Waals surface area contributed by atoms with Gasteiger partial charge in [0.1, 0.15) is 0 Å². The van der Waals surface area contributed by atoms with Gasteiger partial charge in [-0.2, -0.15) is 0 Å². The van der Waals surface area contributed by atoms with Crippen LogP contribution in [-0.4, -0.2) is 29.8 Å². The Morgan fingerprint density at radius 3 is 2.65 bits per heavy atom. The molecule has 1 rings (SSSR count). The number of aromatic nitrogens is 1. The van der Waals surface area contributed by atoms with Crippen molar-refractivity contribution in [1.29, 1.82) is 0 Å². The van der Waals surface area contributed by atoms with Crippen molar-refractivity contribution in [2.45, 2.75) is 45.8 Å². The zero-order valence-corrected chi connectivity index (χ0v) is 11.4. The molecule has 3 heteroatoms. The van der Waals surface area contributed by atoms with E-state index in [4.69, 9.17) is 4.74 Å². The second-order valence-corrected chi connectivity index (χ2v) is 4.67. The average molecular weight is 236 g/mol. The summed E-state index contributed by atoms with van der Waals surface area (Å²) >= 11 is 0. The molecule has 17 heavy (non-hydrogen) atoms. The predicted molar refractivity (Wildman–Crippen MR) is 71.1 cm³/mol. The third-order valence-electron chi connectivity index (χ3n) is 2.95. The molecule has 3 nitrogen and oxygen atoms in total. The van der Waals surface area contributed by atoms with Crippen LogP contribution in [0.15, 0.2) is 24.4 Å². The van der Waals surface area contributed by atoms with Crippen molar-refractivity contribution in [3.63, 3.8) is 0 Å². The van der Waals surface area contributed by atoms with Gasteiger partial charge < -0.3 is 10.1 Å². The number of hydrogen-bond donors (Lipinski definition) is 1. The van der Waals surface area contributed by atoms with Gasteiger partial charge in [0, 0.05) is 31.0 Å². The first-order valence-corrected chi connectivity index (χ1v) is 6.37. The van der Waals surface area contributed by atoms with Crippen LogP contribution in [0.1, 0.15) is 33.4 Å². The van der Waals surface area contributed by atoms with Gasteiger partial charge >= 0.3 is 0 Å². The van der Waals surface area contributed by atoms with Gasteiger partial charge in [0.05, 0.1) is 5.60 Å². The SMILES string of the molecule is CCNC(Cc1ccccn1)C(C)(C)OCC. The number of rotatable bonds is 7. The summed E-state index contributed by atoms with van der Waals surface area (Å²) in [4.78, 5) is 4.38. The topological polar surface area (TPSA) is 34.2 Å². The lowest BCUT2D eigenvalue weighted by Gasteiger charge is -2.34. The first-order valence-electron chi connectivity index (χ1n) is 6.37. The largest absolute Gasteiger partial charge is 0.374 e. The number of nitrogens with zero attached hydrogens (tertiary/aromatic N) is 1. The fourth-order valence-corrected chi connectivity index (χ4v) is 2.01. The summed E-state index contributed by atoms with van der Waals surface area (Å²) in [5.74, 6) is 0. The van der Waals surface area contributed by atoms with Gasteiger partial charge in [-0.3, -0.25) is 4.98 Å². The van der Waals surface area contributed by atoms with Crippen molar-refractivity contribution in [3.8, 4) is 0 Å². The molecule has 1 aromatic heterocycles. The molecule has 0 bridgehead atoms. The van der Waals surface area contributed by atoms with Crippen LogP contribution < -0.4 is 5.32 Å². The molecule has 0 aliphatic carbocycles. The van der Waals surface area contributed by atoms with Gasteiger partial charge in [-0.1, -0.05) is 13.0 Å². The molecule has 0 aliphatic rings. The van der Waals surface area contributed by atoms with Crippen molar-refractivity contribution in [3.05, 3.63) is 30.1 Å². The van der Waals surface area contributed by atoms with E-state index in [1.807, 2.05) is 25.3 Å². The van der Waals surface area contributed by atoms with Crippen LogP contribution in [0.2, 0.25) is 0 Å². The summed E-state index contributed by atoms with van der Waals surface area (Å²) in [7, 11) is 0. The molecule has 0 saturated carbocycles. The number of likely N-dealkylation sites (N-methyl/N-ethyl adjacent to an activating group) is 1. The highest BCUT2D eigenvalue weighted by molar-refractivity contribution is 5.07. The normalized spacial score (nSPS) is 13.6. The zero-order valence-electron chi connectivity index (χ0n) is 11.4. The van der Waals surface area contributed by atoms with Crippen molar-refractivity contribution in [1.82, 2.24) is 10.3 Å². The highest BCUT2D eigenvalue weighted by Crippen LogP contribution is 2.18. The van der Waals surface area contributed by atoms with Crippen molar-refractivity contribution < 1.29 is 4.74 Å². The van der Waals surface area contributed by atoms with Crippen molar-refractivity contribution in [2.75, 3.05) is 13.2 Å². The van der Waals surface area contributed by atoms with E-state index in [0.717, 1.165) is 25.3 Å². The van der Waals surface area contributed by atoms with E-state index in [-0.39, 0.29) is 11.6 Å². The summed E-state index contributed by atoms with van der Waals surface area (Å²) in [6, 6.07) is 6.31. The van der Waals surface area contributed by atoms with Crippen LogP contribution in [0, 0.1) is 0 Å². The van der Waals surface area contributed by atoms with E-state index in [1.165, 1.54) is 0 Å². The van der Waals surface area contributed by atoms with Gasteiger partial charge in [0.15, 0.2) is 0 Å². The lowest BCUT2D eigenvalue weighted by Crippen LogP contribution is -2.50. The monoisotopic (exact) mass is 236 g/mol. The number of ether oxygens (including phenoxy) is 1. The fourth-order valence-electron chi connectivity index (χ4n) is 2.01. The second kappa shape index (κ2) is 6.72. The van der Waals surface area contributed by atoms with Crippen LogP contribution in [0.25, 0.3) is 0 Å². The van der Waals surface area contributed by atoms with E-state index >= 15 is 0 Å². The Balaban J connectivity index is 2.72. The molecule has 0 amide bonds. The number of hydrogen-bond acceptors (Lipinski definition) is 3. The lowest BCUT2D eigenvalue weighted by molar-refractivity contribution is -0.0378. The molecule has 0 radical (unpaired) electrons. The maximum Gasteiger partial charge on any atom is 0.0782 e. The Morgan fingerprint density at radius 2 is 2.12 bits per heavy atom. The van der Waals surface area contributed by atoms with Gasteiger partial charge in [-0.25, -0.2) is 0 Å². The minimum Gasteiger partial charge on any atom is -0.374 e. The van der Waals surface area contributed by atoms with E-state index in [2.05, 4.69) is 37.1 Å². The molecule has 1 unspecified atom stereocenters. The Labute approximate surface area is 105 Å². The third kappa shape index (κ3) is 4.44. The quantitative estimate of drug-likeness (QED) is 0.789. The molecule has 0 spiro atoms. The molecular formula is C14H24N2O. The average Bonchev–Trinajstić information content (AvgIpc) is 2.30. The van der Waals surface area contributed by atoms with E-state index < -0.39 is 0 Å². The van der Waals surface area contributed by atoms with Crippen LogP contribution in [0.3, 0.4) is 0 Å². The molecule has 1 heterocycles. The highest BCUT2D eigenvalue weighted by Gasteiger charge is 2.29. The molecule has 1 atom stereocenters. The summed E-state index contributed by atoms with van der Waals surface area (Å²) in [5, 5.41) is 3.49. The molecule has 1 N–H and O–H groups in total. The van der Waals surface area contributed by atoms with Gasteiger partial charge in [-0.15, -0.1) is 0 Å². The number of nitrogens with one attached hydrogen (secondary N) is 1. The molecule has 1 aromatic rings. The van der Waals surface area contributed by atoms with Crippen LogP contribution in [-0.2, 0) is 11.2 Å². The van der Waals surface area contributed by atoms with Crippen LogP contribution in [0.4, 0.5) is 0 Å². The Morgan fingerprint density at radius 1 is 1.35 bits per heavy atom. The maximum atomic E-state index is 5.83. The van der Waals surface area contributed by atoms with Crippen LogP contribution >= 0.6 is 0 Å². The molecular weight excluding hydrogens is 212 g/mol. The Bertz CT molecular complexity index is 311. The maximum absolute atomic E-state index is 5.83. The predicted octanol–water partition coefficient (Wildman–Crippen LogP) is 2.42. The second-order valence-electron chi connectivity index (χ2n) is 4.67. The summed E-state index contributed by atoms with van der Waals surface area (Å²) in [6.45, 7) is 10.1. The minimum absolute atomic E-state index is 0.178. The first kappa shape index (κ1) is 14.1. The summed E-state index contributed by atoms with van der Waals surface area (Å²) in [6.07, 6.45) is 2.73. The standard InChI is InChI=1S/C14H24N2O/c1-5-15-13(14(3,4)17-6-2)11-12-9-7-8-10-16-12/h7-10,13,15H,5-6,11H2,1-4H3. The molecule has 0 saturated heterocycles. The Kier molecular flexibility index (Phi) is 5.59. The van der Waals surface area contributed by atoms with Crippen molar-refractivity contribution in [2.24, 2.45) is 0 Å². The fraction of sp³-hybridized carbons (Fsp3) is 0.643. The van der Waals surface area contributed by atoms with E-state index in [0.29, 0.717) is 0 Å². The minimum atomic E-state index is -0.178. The zero-order chi connectivity index (χ0) is 12.7. The first-order chi connectivity index (χ1) is 8.10. The van der Waals surface area contributed by atoms with Gasteiger partial charge in [-0.05, 0) is 39.4 Å². The lowest BCUT2D eigenvalue weighted by atomic mass is 9.94. The number of pyridine rings is 1. The van der Waals surface area contributed by atoms with E-state index in [1.54, 1.807) is 0 Å². The molecule has 0 aromatic carbocycles. The van der Waals surface area contributed by atoms with Gasteiger partial charge in [0.25, 0.3) is 0 Å². The Hall–Kier alpha value is -0.930. The third-order valence-corrected chi connectivity index (χ3v) is 2.95. The molecule has 96 valence electrons. The van der Waals surface area contributed by atoms with E-state index in [9.17, 15) is 0 Å². The summed E-state index contributed by atoms with van der Waals surface area (Å²) < 4.78 is 5.83. The highest BCUT2D eigenvalue weighted by atomic mass is 16.5. The van der Waals surface area contributed by atoms with Gasteiger partial charge in [0.2, 0.25) is 0 Å².